The monoisotopic (exact) mass is 366 g/mol. The van der Waals surface area contributed by atoms with E-state index in [1.165, 1.54) is 5.69 Å². The van der Waals surface area contributed by atoms with Gasteiger partial charge in [-0.3, -0.25) is 0 Å². The van der Waals surface area contributed by atoms with Gasteiger partial charge in [0.2, 0.25) is 0 Å². The second kappa shape index (κ2) is 6.53. The Hall–Kier alpha value is -2.60. The fourth-order valence-corrected chi connectivity index (χ4v) is 4.35. The number of halogens is 1. The first-order valence-corrected chi connectivity index (χ1v) is 9.51. The lowest BCUT2D eigenvalue weighted by Crippen LogP contribution is -2.36. The van der Waals surface area contributed by atoms with E-state index in [2.05, 4.69) is 31.5 Å². The first-order valence-electron chi connectivity index (χ1n) is 9.51. The molecule has 0 bridgehead atoms. The second-order valence-electron chi connectivity index (χ2n) is 7.26. The summed E-state index contributed by atoms with van der Waals surface area (Å²) in [6.45, 7) is 4.91. The van der Waals surface area contributed by atoms with Crippen molar-refractivity contribution in [3.8, 4) is 0 Å². The lowest BCUT2D eigenvalue weighted by Gasteiger charge is -2.31. The lowest BCUT2D eigenvalue weighted by molar-refractivity contribution is 0.122. The number of morpholine rings is 1. The molecule has 1 saturated heterocycles. The molecular formula is C21H23FN4O. The van der Waals surface area contributed by atoms with Crippen LogP contribution in [0, 0.1) is 5.82 Å². The summed E-state index contributed by atoms with van der Waals surface area (Å²) < 4.78 is 22.1. The summed E-state index contributed by atoms with van der Waals surface area (Å²) in [6.07, 6.45) is 2.85. The smallest absolute Gasteiger partial charge is 0.132 e. The normalized spacial score (nSPS) is 17.4. The van der Waals surface area contributed by atoms with E-state index in [0.717, 1.165) is 67.2 Å². The third kappa shape index (κ3) is 2.75. The number of hydrogen-bond acceptors (Lipinski definition) is 4. The zero-order valence-electron chi connectivity index (χ0n) is 15.5. The number of hydrogen-bond donors (Lipinski definition) is 0. The van der Waals surface area contributed by atoms with Gasteiger partial charge in [0.1, 0.15) is 11.6 Å². The highest BCUT2D eigenvalue weighted by Gasteiger charge is 2.25. The number of pyridine rings is 1. The van der Waals surface area contributed by atoms with Gasteiger partial charge in [-0.15, -0.1) is 0 Å². The Bertz CT molecular complexity index is 976. The van der Waals surface area contributed by atoms with Gasteiger partial charge >= 0.3 is 0 Å². The molecule has 2 aromatic heterocycles. The number of fused-ring (bicyclic) bond motifs is 3. The van der Waals surface area contributed by atoms with Crippen molar-refractivity contribution in [2.75, 3.05) is 42.6 Å². The van der Waals surface area contributed by atoms with Crippen molar-refractivity contribution in [2.24, 2.45) is 7.05 Å². The Morgan fingerprint density at radius 2 is 1.89 bits per heavy atom. The average molecular weight is 366 g/mol. The maximum atomic E-state index is 14.5. The van der Waals surface area contributed by atoms with E-state index >= 15 is 0 Å². The standard InChI is InChI=1S/C21H23FN4O/c1-24-18-7-8-26(14-16(18)21-17(22)3-2-4-19(21)24)15-5-6-20(23-13-15)25-9-11-27-12-10-25/h2-6,13H,7-12,14H2,1H3. The average Bonchev–Trinajstić information content (AvgIpc) is 3.02. The van der Waals surface area contributed by atoms with Crippen LogP contribution in [0.4, 0.5) is 15.9 Å². The van der Waals surface area contributed by atoms with Crippen molar-refractivity contribution in [1.29, 1.82) is 0 Å². The molecular weight excluding hydrogens is 343 g/mol. The van der Waals surface area contributed by atoms with Crippen LogP contribution < -0.4 is 9.80 Å². The van der Waals surface area contributed by atoms with E-state index in [1.54, 1.807) is 12.1 Å². The molecule has 0 saturated carbocycles. The summed E-state index contributed by atoms with van der Waals surface area (Å²) in [5.41, 5.74) is 4.41. The minimum atomic E-state index is -0.132. The van der Waals surface area contributed by atoms with E-state index < -0.39 is 0 Å². The van der Waals surface area contributed by atoms with Gasteiger partial charge in [0.05, 0.1) is 30.6 Å². The van der Waals surface area contributed by atoms with Crippen molar-refractivity contribution in [1.82, 2.24) is 9.55 Å². The Kier molecular flexibility index (Phi) is 4.01. The van der Waals surface area contributed by atoms with Crippen LogP contribution >= 0.6 is 0 Å². The summed E-state index contributed by atoms with van der Waals surface area (Å²) in [7, 11) is 2.04. The van der Waals surface area contributed by atoms with Gasteiger partial charge in [0.15, 0.2) is 0 Å². The minimum absolute atomic E-state index is 0.132. The van der Waals surface area contributed by atoms with Gasteiger partial charge in [-0.05, 0) is 24.3 Å². The Balaban J connectivity index is 1.44. The van der Waals surface area contributed by atoms with Crippen LogP contribution in [0.25, 0.3) is 10.9 Å². The van der Waals surface area contributed by atoms with E-state index in [0.29, 0.717) is 6.54 Å². The highest BCUT2D eigenvalue weighted by Crippen LogP contribution is 2.33. The number of benzene rings is 1. The molecule has 5 nitrogen and oxygen atoms in total. The van der Waals surface area contributed by atoms with E-state index in [4.69, 9.17) is 4.74 Å². The largest absolute Gasteiger partial charge is 0.378 e. The highest BCUT2D eigenvalue weighted by atomic mass is 19.1. The molecule has 2 aliphatic heterocycles. The lowest BCUT2D eigenvalue weighted by atomic mass is 10.0. The summed E-state index contributed by atoms with van der Waals surface area (Å²) >= 11 is 0. The molecule has 27 heavy (non-hydrogen) atoms. The molecule has 1 aromatic carbocycles. The van der Waals surface area contributed by atoms with Gasteiger partial charge < -0.3 is 19.1 Å². The summed E-state index contributed by atoms with van der Waals surface area (Å²) in [5.74, 6) is 0.864. The SMILES string of the molecule is Cn1c2c(c3c(F)cccc31)CN(c1ccc(N3CCOCC3)nc1)CC2. The molecule has 2 aliphatic rings. The maximum absolute atomic E-state index is 14.5. The molecule has 4 heterocycles. The molecule has 0 unspecified atom stereocenters. The molecule has 0 aliphatic carbocycles. The number of aromatic nitrogens is 2. The molecule has 6 heteroatoms. The van der Waals surface area contributed by atoms with E-state index in [-0.39, 0.29) is 5.82 Å². The fourth-order valence-electron chi connectivity index (χ4n) is 4.35. The quantitative estimate of drug-likeness (QED) is 0.698. The topological polar surface area (TPSA) is 33.5 Å². The number of nitrogens with zero attached hydrogens (tertiary/aromatic N) is 4. The first-order chi connectivity index (χ1) is 13.2. The third-order valence-corrected chi connectivity index (χ3v) is 5.81. The van der Waals surface area contributed by atoms with E-state index in [9.17, 15) is 4.39 Å². The highest BCUT2D eigenvalue weighted by molar-refractivity contribution is 5.87. The maximum Gasteiger partial charge on any atom is 0.132 e. The summed E-state index contributed by atoms with van der Waals surface area (Å²) in [5, 5.41) is 0.762. The van der Waals surface area contributed by atoms with Crippen molar-refractivity contribution in [3.63, 3.8) is 0 Å². The van der Waals surface area contributed by atoms with Crippen LogP contribution in [0.2, 0.25) is 0 Å². The van der Waals surface area contributed by atoms with Gasteiger partial charge in [-0.25, -0.2) is 9.37 Å². The molecule has 140 valence electrons. The molecule has 0 amide bonds. The molecule has 0 atom stereocenters. The zero-order valence-corrected chi connectivity index (χ0v) is 15.5. The van der Waals surface area contributed by atoms with Crippen LogP contribution in [0.1, 0.15) is 11.3 Å². The molecule has 0 N–H and O–H groups in total. The number of aryl methyl sites for hydroxylation is 1. The van der Waals surface area contributed by atoms with Gasteiger partial charge in [0.25, 0.3) is 0 Å². The van der Waals surface area contributed by atoms with Crippen molar-refractivity contribution >= 4 is 22.4 Å². The minimum Gasteiger partial charge on any atom is -0.378 e. The molecule has 0 spiro atoms. The van der Waals surface area contributed by atoms with Crippen molar-refractivity contribution in [2.45, 2.75) is 13.0 Å². The molecule has 5 rings (SSSR count). The molecule has 0 radical (unpaired) electrons. The third-order valence-electron chi connectivity index (χ3n) is 5.81. The number of rotatable bonds is 2. The van der Waals surface area contributed by atoms with Gasteiger partial charge in [-0.2, -0.15) is 0 Å². The summed E-state index contributed by atoms with van der Waals surface area (Å²) in [4.78, 5) is 9.22. The zero-order chi connectivity index (χ0) is 18.4. The van der Waals surface area contributed by atoms with Crippen molar-refractivity contribution in [3.05, 3.63) is 53.6 Å². The number of anilines is 2. The van der Waals surface area contributed by atoms with Crippen LogP contribution in [0.5, 0.6) is 0 Å². The van der Waals surface area contributed by atoms with Crippen LogP contribution in [-0.4, -0.2) is 42.4 Å². The van der Waals surface area contributed by atoms with E-state index in [1.807, 2.05) is 19.3 Å². The fraction of sp³-hybridized carbons (Fsp3) is 0.381. The van der Waals surface area contributed by atoms with Gasteiger partial charge in [0, 0.05) is 56.3 Å². The Labute approximate surface area is 158 Å². The first kappa shape index (κ1) is 16.6. The Morgan fingerprint density at radius 3 is 2.67 bits per heavy atom. The van der Waals surface area contributed by atoms with Crippen LogP contribution in [0.15, 0.2) is 36.5 Å². The van der Waals surface area contributed by atoms with Gasteiger partial charge in [-0.1, -0.05) is 6.07 Å². The predicted octanol–water partition coefficient (Wildman–Crippen LogP) is 3.11. The Morgan fingerprint density at radius 1 is 1.04 bits per heavy atom. The summed E-state index contributed by atoms with van der Waals surface area (Å²) in [6, 6.07) is 9.55. The van der Waals surface area contributed by atoms with Crippen LogP contribution in [-0.2, 0) is 24.8 Å². The number of ether oxygens (including phenoxy) is 1. The molecule has 1 fully saturated rings. The van der Waals surface area contributed by atoms with Crippen molar-refractivity contribution < 1.29 is 9.13 Å². The predicted molar refractivity (Wildman–Crippen MR) is 105 cm³/mol. The molecule has 3 aromatic rings. The van der Waals surface area contributed by atoms with Crippen LogP contribution in [0.3, 0.4) is 0 Å². The second-order valence-corrected chi connectivity index (χ2v) is 7.26.